The number of hydrogen-bond donors (Lipinski definition) is 1. The van der Waals surface area contributed by atoms with Gasteiger partial charge in [0.05, 0.1) is 5.02 Å². The van der Waals surface area contributed by atoms with Gasteiger partial charge in [0.1, 0.15) is 11.8 Å². The highest BCUT2D eigenvalue weighted by Crippen LogP contribution is 2.28. The van der Waals surface area contributed by atoms with Crippen LogP contribution in [0.15, 0.2) is 83.3 Å². The summed E-state index contributed by atoms with van der Waals surface area (Å²) in [6, 6.07) is 23.9. The van der Waals surface area contributed by atoms with Gasteiger partial charge in [0.25, 0.3) is 5.91 Å². The van der Waals surface area contributed by atoms with Crippen molar-refractivity contribution in [3.63, 3.8) is 0 Å². The predicted molar refractivity (Wildman–Crippen MR) is 143 cm³/mol. The maximum absolute atomic E-state index is 13.5. The SMILES string of the molecule is CC(C)CNC(=O)C(Cc1ccccc1)N(Cc1ccccc1)C(=O)COc1ccc(Br)cc1Cl. The third-order valence-electron chi connectivity index (χ3n) is 5.40. The molecule has 3 aromatic carbocycles. The van der Waals surface area contributed by atoms with Crippen LogP contribution in [0, 0.1) is 5.92 Å². The van der Waals surface area contributed by atoms with Gasteiger partial charge in [-0.2, -0.15) is 0 Å². The fourth-order valence-electron chi connectivity index (χ4n) is 3.57. The van der Waals surface area contributed by atoms with Crippen molar-refractivity contribution in [3.05, 3.63) is 99.5 Å². The van der Waals surface area contributed by atoms with Gasteiger partial charge in [-0.3, -0.25) is 9.59 Å². The van der Waals surface area contributed by atoms with Crippen molar-refractivity contribution in [2.24, 2.45) is 5.92 Å². The van der Waals surface area contributed by atoms with E-state index in [1.807, 2.05) is 74.5 Å². The molecule has 3 rings (SSSR count). The summed E-state index contributed by atoms with van der Waals surface area (Å²) in [6.07, 6.45) is 0.391. The maximum Gasteiger partial charge on any atom is 0.261 e. The molecule has 0 spiro atoms. The highest BCUT2D eigenvalue weighted by molar-refractivity contribution is 9.10. The van der Waals surface area contributed by atoms with E-state index < -0.39 is 6.04 Å². The molecule has 0 saturated carbocycles. The molecule has 35 heavy (non-hydrogen) atoms. The Bertz CT molecular complexity index is 1110. The van der Waals surface area contributed by atoms with Crippen molar-refractivity contribution in [2.75, 3.05) is 13.2 Å². The molecule has 0 radical (unpaired) electrons. The zero-order valence-corrected chi connectivity index (χ0v) is 22.3. The van der Waals surface area contributed by atoms with Crippen molar-refractivity contribution >= 4 is 39.3 Å². The van der Waals surface area contributed by atoms with Gasteiger partial charge in [-0.25, -0.2) is 0 Å². The molecule has 0 bridgehead atoms. The third-order valence-corrected chi connectivity index (χ3v) is 6.19. The molecule has 1 N–H and O–H groups in total. The van der Waals surface area contributed by atoms with Gasteiger partial charge >= 0.3 is 0 Å². The molecule has 1 atom stereocenters. The minimum atomic E-state index is -0.701. The van der Waals surface area contributed by atoms with Crippen molar-refractivity contribution in [1.29, 1.82) is 0 Å². The molecule has 7 heteroatoms. The largest absolute Gasteiger partial charge is 0.482 e. The fourth-order valence-corrected chi connectivity index (χ4v) is 4.30. The number of rotatable bonds is 11. The van der Waals surface area contributed by atoms with Crippen LogP contribution in [0.1, 0.15) is 25.0 Å². The summed E-state index contributed by atoms with van der Waals surface area (Å²) in [5.74, 6) is 0.214. The van der Waals surface area contributed by atoms with Crippen LogP contribution in [0.5, 0.6) is 5.75 Å². The van der Waals surface area contributed by atoms with Gasteiger partial charge in [0, 0.05) is 24.0 Å². The maximum atomic E-state index is 13.5. The number of amides is 2. The van der Waals surface area contributed by atoms with Crippen molar-refractivity contribution in [1.82, 2.24) is 10.2 Å². The van der Waals surface area contributed by atoms with Crippen LogP contribution >= 0.6 is 27.5 Å². The number of benzene rings is 3. The number of carbonyl (C=O) groups is 2. The van der Waals surface area contributed by atoms with Gasteiger partial charge in [0.15, 0.2) is 6.61 Å². The molecule has 0 aliphatic carbocycles. The molecule has 0 aromatic heterocycles. The first-order valence-electron chi connectivity index (χ1n) is 11.6. The van der Waals surface area contributed by atoms with E-state index in [-0.39, 0.29) is 30.9 Å². The van der Waals surface area contributed by atoms with E-state index in [0.717, 1.165) is 15.6 Å². The van der Waals surface area contributed by atoms with Crippen LogP contribution in [0.3, 0.4) is 0 Å². The molecule has 5 nitrogen and oxygen atoms in total. The van der Waals surface area contributed by atoms with Crippen LogP contribution < -0.4 is 10.1 Å². The molecule has 0 saturated heterocycles. The van der Waals surface area contributed by atoms with Crippen molar-refractivity contribution in [3.8, 4) is 5.75 Å². The summed E-state index contributed by atoms with van der Waals surface area (Å²) in [6.45, 7) is 4.65. The highest BCUT2D eigenvalue weighted by Gasteiger charge is 2.30. The fraction of sp³-hybridized carbons (Fsp3) is 0.286. The first-order valence-corrected chi connectivity index (χ1v) is 12.7. The first kappa shape index (κ1) is 26.8. The smallest absolute Gasteiger partial charge is 0.261 e. The second-order valence-corrected chi connectivity index (χ2v) is 10.0. The molecular formula is C28H30BrClN2O3. The molecule has 184 valence electrons. The molecule has 1 unspecified atom stereocenters. The molecule has 0 aliphatic rings. The minimum absolute atomic E-state index is 0.187. The normalized spacial score (nSPS) is 11.7. The topological polar surface area (TPSA) is 58.6 Å². The van der Waals surface area contributed by atoms with Gasteiger partial charge in [-0.15, -0.1) is 0 Å². The lowest BCUT2D eigenvalue weighted by Crippen LogP contribution is -2.52. The third kappa shape index (κ3) is 8.41. The van der Waals surface area contributed by atoms with Crippen LogP contribution in [0.4, 0.5) is 0 Å². The number of halogens is 2. The lowest BCUT2D eigenvalue weighted by Gasteiger charge is -2.31. The Morgan fingerprint density at radius 3 is 2.20 bits per heavy atom. The minimum Gasteiger partial charge on any atom is -0.482 e. The van der Waals surface area contributed by atoms with E-state index in [1.165, 1.54) is 0 Å². The number of ether oxygens (including phenoxy) is 1. The van der Waals surface area contributed by atoms with Crippen LogP contribution in [-0.2, 0) is 22.6 Å². The summed E-state index contributed by atoms with van der Waals surface area (Å²) in [5, 5.41) is 3.41. The zero-order chi connectivity index (χ0) is 25.2. The van der Waals surface area contributed by atoms with E-state index in [2.05, 4.69) is 21.2 Å². The van der Waals surface area contributed by atoms with Gasteiger partial charge in [-0.05, 0) is 35.2 Å². The number of hydrogen-bond acceptors (Lipinski definition) is 3. The lowest BCUT2D eigenvalue weighted by atomic mass is 10.0. The van der Waals surface area contributed by atoms with Gasteiger partial charge < -0.3 is 15.0 Å². The Labute approximate surface area is 220 Å². The Kier molecular flexibility index (Phi) is 10.2. The van der Waals surface area contributed by atoms with Gasteiger partial charge in [0.2, 0.25) is 5.91 Å². The standard InChI is InChI=1S/C28H30BrClN2O3/c1-20(2)17-31-28(34)25(15-21-9-5-3-6-10-21)32(18-22-11-7-4-8-12-22)27(33)19-35-26-14-13-23(29)16-24(26)30/h3-14,16,20,25H,15,17-19H2,1-2H3,(H,31,34). The summed E-state index contributed by atoms with van der Waals surface area (Å²) in [5.41, 5.74) is 1.90. The molecule has 0 aliphatic heterocycles. The Morgan fingerprint density at radius 1 is 0.971 bits per heavy atom. The number of carbonyl (C=O) groups excluding carboxylic acids is 2. The molecular weight excluding hydrogens is 528 g/mol. The Balaban J connectivity index is 1.88. The lowest BCUT2D eigenvalue weighted by molar-refractivity contribution is -0.142. The predicted octanol–water partition coefficient (Wildman–Crippen LogP) is 5.89. The van der Waals surface area contributed by atoms with Crippen molar-refractivity contribution in [2.45, 2.75) is 32.9 Å². The zero-order valence-electron chi connectivity index (χ0n) is 19.9. The average Bonchev–Trinajstić information content (AvgIpc) is 2.85. The Hall–Kier alpha value is -2.83. The van der Waals surface area contributed by atoms with E-state index in [0.29, 0.717) is 23.7 Å². The molecule has 0 heterocycles. The van der Waals surface area contributed by atoms with Crippen LogP contribution in [0.2, 0.25) is 5.02 Å². The van der Waals surface area contributed by atoms with E-state index in [9.17, 15) is 9.59 Å². The summed E-state index contributed by atoms with van der Waals surface area (Å²) < 4.78 is 6.59. The highest BCUT2D eigenvalue weighted by atomic mass is 79.9. The van der Waals surface area contributed by atoms with Crippen molar-refractivity contribution < 1.29 is 14.3 Å². The summed E-state index contributed by atoms with van der Waals surface area (Å²) >= 11 is 9.64. The van der Waals surface area contributed by atoms with Gasteiger partial charge in [-0.1, -0.05) is 102 Å². The number of nitrogens with one attached hydrogen (secondary N) is 1. The molecule has 3 aromatic rings. The molecule has 2 amide bonds. The summed E-state index contributed by atoms with van der Waals surface area (Å²) in [4.78, 5) is 28.5. The van der Waals surface area contributed by atoms with E-state index >= 15 is 0 Å². The van der Waals surface area contributed by atoms with E-state index in [4.69, 9.17) is 16.3 Å². The monoisotopic (exact) mass is 556 g/mol. The summed E-state index contributed by atoms with van der Waals surface area (Å²) in [7, 11) is 0. The molecule has 0 fully saturated rings. The van der Waals surface area contributed by atoms with Crippen LogP contribution in [0.25, 0.3) is 0 Å². The first-order chi connectivity index (χ1) is 16.8. The average molecular weight is 558 g/mol. The quantitative estimate of drug-likeness (QED) is 0.320. The second-order valence-electron chi connectivity index (χ2n) is 8.72. The van der Waals surface area contributed by atoms with E-state index in [1.54, 1.807) is 23.1 Å². The van der Waals surface area contributed by atoms with Crippen LogP contribution in [-0.4, -0.2) is 35.9 Å². The Morgan fingerprint density at radius 2 is 1.60 bits per heavy atom. The number of nitrogens with zero attached hydrogens (tertiary/aromatic N) is 1. The second kappa shape index (κ2) is 13.3.